The fourth-order valence-electron chi connectivity index (χ4n) is 5.45. The summed E-state index contributed by atoms with van der Waals surface area (Å²) >= 11 is 0. The largest absolute Gasteiger partial charge is 0.573 e. The van der Waals surface area contributed by atoms with Crippen LogP contribution in [0.15, 0.2) is 40.9 Å². The number of ether oxygens (including phenoxy) is 1. The van der Waals surface area contributed by atoms with Gasteiger partial charge >= 0.3 is 6.36 Å². The summed E-state index contributed by atoms with van der Waals surface area (Å²) in [7, 11) is 0. The number of amides is 1. The Balaban J connectivity index is 1.15. The van der Waals surface area contributed by atoms with Gasteiger partial charge in [-0.1, -0.05) is 17.3 Å². The molecule has 0 spiro atoms. The number of aryl methyl sites for hydroxylation is 1. The Labute approximate surface area is 205 Å². The maximum absolute atomic E-state index is 13.1. The molecule has 1 N–H and O–H groups in total. The molecule has 0 radical (unpaired) electrons. The van der Waals surface area contributed by atoms with Crippen molar-refractivity contribution in [2.45, 2.75) is 51.4 Å². The van der Waals surface area contributed by atoms with Gasteiger partial charge in [0.05, 0.1) is 6.54 Å². The number of rotatable bonds is 6. The van der Waals surface area contributed by atoms with Gasteiger partial charge in [-0.05, 0) is 54.3 Å². The highest BCUT2D eigenvalue weighted by atomic mass is 19.4. The zero-order valence-electron chi connectivity index (χ0n) is 19.5. The van der Waals surface area contributed by atoms with Crippen LogP contribution in [0.25, 0.3) is 11.4 Å². The van der Waals surface area contributed by atoms with Crippen LogP contribution < -0.4 is 10.1 Å². The minimum atomic E-state index is -4.74. The summed E-state index contributed by atoms with van der Waals surface area (Å²) in [6.45, 7) is 5.13. The topological polar surface area (TPSA) is 83.7 Å². The van der Waals surface area contributed by atoms with E-state index in [-0.39, 0.29) is 18.2 Å². The van der Waals surface area contributed by atoms with E-state index in [1.165, 1.54) is 24.3 Å². The van der Waals surface area contributed by atoms with Gasteiger partial charge in [-0.15, -0.1) is 13.2 Å². The molecule has 3 aromatic rings. The molecule has 2 saturated heterocycles. The summed E-state index contributed by atoms with van der Waals surface area (Å²) in [6, 6.07) is 10.4. The molecular weight excluding hydrogens is 475 g/mol. The smallest absolute Gasteiger partial charge is 0.406 e. The Bertz CT molecular complexity index is 1310. The first-order valence-electron chi connectivity index (χ1n) is 11.8. The average Bonchev–Trinajstić information content (AvgIpc) is 3.60. The molecule has 3 aliphatic rings. The predicted octanol–water partition coefficient (Wildman–Crippen LogP) is 3.65. The van der Waals surface area contributed by atoms with Crippen molar-refractivity contribution in [3.63, 3.8) is 0 Å². The number of aromatic nitrogens is 2. The Morgan fingerprint density at radius 3 is 2.69 bits per heavy atom. The molecule has 1 amide bonds. The zero-order chi connectivity index (χ0) is 25.0. The molecule has 36 heavy (non-hydrogen) atoms. The lowest BCUT2D eigenvalue weighted by Crippen LogP contribution is -2.43. The minimum Gasteiger partial charge on any atom is -0.406 e. The molecule has 2 atom stereocenters. The molecular formula is C25H24F3N5O3. The van der Waals surface area contributed by atoms with Crippen molar-refractivity contribution >= 4 is 5.91 Å². The average molecular weight is 499 g/mol. The molecule has 3 aliphatic heterocycles. The summed E-state index contributed by atoms with van der Waals surface area (Å²) in [5.41, 5.74) is 3.81. The second kappa shape index (κ2) is 8.59. The molecule has 2 unspecified atom stereocenters. The third-order valence-electron chi connectivity index (χ3n) is 7.04. The van der Waals surface area contributed by atoms with Crippen LogP contribution in [0.5, 0.6) is 5.75 Å². The number of carbonyl (C=O) groups excluding carboxylic acids is 1. The van der Waals surface area contributed by atoms with E-state index in [0.717, 1.165) is 36.2 Å². The molecule has 0 aliphatic carbocycles. The van der Waals surface area contributed by atoms with Crippen LogP contribution in [0.1, 0.15) is 39.4 Å². The Morgan fingerprint density at radius 2 is 2.00 bits per heavy atom. The van der Waals surface area contributed by atoms with Crippen LogP contribution in [0.2, 0.25) is 0 Å². The molecule has 2 fully saturated rings. The van der Waals surface area contributed by atoms with E-state index in [4.69, 9.17) is 4.52 Å². The number of benzene rings is 2. The van der Waals surface area contributed by atoms with Crippen molar-refractivity contribution in [2.24, 2.45) is 0 Å². The number of likely N-dealkylation sites (tertiary alicyclic amines) is 1. The summed E-state index contributed by atoms with van der Waals surface area (Å²) in [5.74, 6) is 0.656. The van der Waals surface area contributed by atoms with Crippen LogP contribution in [0, 0.1) is 6.92 Å². The summed E-state index contributed by atoms with van der Waals surface area (Å²) in [5, 5.41) is 7.66. The second-order valence-electron chi connectivity index (χ2n) is 9.62. The maximum atomic E-state index is 13.1. The van der Waals surface area contributed by atoms with Gasteiger partial charge in [-0.3, -0.25) is 9.69 Å². The standard InChI is InChI=1S/C25H24F3N5O3/c1-14-6-16(23-30-21(36-31-23)13-32-12-18-8-19(32)9-29-18)7-17-11-33(24(34)22(14)17)10-15-2-4-20(5-3-15)35-25(26,27)28/h2-7,18-19,29H,8-13H2,1H3. The first kappa shape index (κ1) is 23.0. The fourth-order valence-corrected chi connectivity index (χ4v) is 5.45. The number of piperazine rings is 1. The van der Waals surface area contributed by atoms with E-state index in [1.54, 1.807) is 4.90 Å². The quantitative estimate of drug-likeness (QED) is 0.555. The third-order valence-corrected chi connectivity index (χ3v) is 7.04. The lowest BCUT2D eigenvalue weighted by atomic mass is 10.00. The molecule has 8 nitrogen and oxygen atoms in total. The third kappa shape index (κ3) is 4.44. The Morgan fingerprint density at radius 1 is 1.19 bits per heavy atom. The Kier molecular flexibility index (Phi) is 5.49. The van der Waals surface area contributed by atoms with Crippen LogP contribution in [-0.2, 0) is 19.6 Å². The van der Waals surface area contributed by atoms with Gasteiger partial charge in [-0.25, -0.2) is 0 Å². The number of fused-ring (bicyclic) bond motifs is 3. The van der Waals surface area contributed by atoms with Crippen molar-refractivity contribution in [1.29, 1.82) is 0 Å². The van der Waals surface area contributed by atoms with Crippen molar-refractivity contribution < 1.29 is 27.2 Å². The monoisotopic (exact) mass is 499 g/mol. The van der Waals surface area contributed by atoms with Crippen LogP contribution >= 0.6 is 0 Å². The van der Waals surface area contributed by atoms with Gasteiger partial charge < -0.3 is 19.5 Å². The molecule has 188 valence electrons. The van der Waals surface area contributed by atoms with Gasteiger partial charge in [0.1, 0.15) is 5.75 Å². The summed E-state index contributed by atoms with van der Waals surface area (Å²) < 4.78 is 46.6. The van der Waals surface area contributed by atoms with Gasteiger partial charge in [-0.2, -0.15) is 4.98 Å². The van der Waals surface area contributed by atoms with E-state index < -0.39 is 6.36 Å². The number of alkyl halides is 3. The van der Waals surface area contributed by atoms with Crippen molar-refractivity contribution in [2.75, 3.05) is 13.1 Å². The van der Waals surface area contributed by atoms with E-state index in [2.05, 4.69) is 25.1 Å². The lowest BCUT2D eigenvalue weighted by Gasteiger charge is -2.25. The number of carbonyl (C=O) groups is 1. The SMILES string of the molecule is Cc1cc(-c2noc(CN3CC4CC3CN4)n2)cc2c1C(=O)N(Cc1ccc(OC(F)(F)F)cc1)C2. The number of hydrogen-bond acceptors (Lipinski definition) is 7. The first-order chi connectivity index (χ1) is 17.2. The highest BCUT2D eigenvalue weighted by Crippen LogP contribution is 2.32. The zero-order valence-corrected chi connectivity index (χ0v) is 19.5. The molecule has 2 aromatic carbocycles. The molecule has 0 saturated carbocycles. The van der Waals surface area contributed by atoms with Gasteiger partial charge in [0.15, 0.2) is 0 Å². The minimum absolute atomic E-state index is 0.115. The summed E-state index contributed by atoms with van der Waals surface area (Å²) in [4.78, 5) is 21.7. The number of nitrogens with one attached hydrogen (secondary N) is 1. The van der Waals surface area contributed by atoms with E-state index in [1.807, 2.05) is 19.1 Å². The molecule has 6 rings (SSSR count). The molecule has 4 heterocycles. The maximum Gasteiger partial charge on any atom is 0.573 e. The first-order valence-corrected chi connectivity index (χ1v) is 11.8. The summed E-state index contributed by atoms with van der Waals surface area (Å²) in [6.07, 6.45) is -3.59. The molecule has 2 bridgehead atoms. The van der Waals surface area contributed by atoms with Gasteiger partial charge in [0, 0.05) is 49.4 Å². The van der Waals surface area contributed by atoms with E-state index in [0.29, 0.717) is 48.0 Å². The van der Waals surface area contributed by atoms with Crippen LogP contribution in [0.4, 0.5) is 13.2 Å². The second-order valence-corrected chi connectivity index (χ2v) is 9.62. The van der Waals surface area contributed by atoms with Crippen molar-refractivity contribution in [3.05, 3.63) is 64.5 Å². The van der Waals surface area contributed by atoms with Gasteiger partial charge in [0.2, 0.25) is 11.7 Å². The highest BCUT2D eigenvalue weighted by molar-refractivity contribution is 6.00. The van der Waals surface area contributed by atoms with Crippen LogP contribution in [-0.4, -0.2) is 57.4 Å². The normalized spacial score (nSPS) is 21.4. The van der Waals surface area contributed by atoms with E-state index >= 15 is 0 Å². The predicted molar refractivity (Wildman–Crippen MR) is 122 cm³/mol. The highest BCUT2D eigenvalue weighted by Gasteiger charge is 2.38. The van der Waals surface area contributed by atoms with Crippen molar-refractivity contribution in [1.82, 2.24) is 25.3 Å². The number of nitrogens with zero attached hydrogens (tertiary/aromatic N) is 4. The van der Waals surface area contributed by atoms with Crippen molar-refractivity contribution in [3.8, 4) is 17.1 Å². The Hall–Kier alpha value is -3.44. The number of hydrogen-bond donors (Lipinski definition) is 1. The molecule has 1 aromatic heterocycles. The molecule has 11 heteroatoms. The van der Waals surface area contributed by atoms with Gasteiger partial charge in [0.25, 0.3) is 5.91 Å². The fraction of sp³-hybridized carbons (Fsp3) is 0.400. The lowest BCUT2D eigenvalue weighted by molar-refractivity contribution is -0.274. The number of halogens is 3. The van der Waals surface area contributed by atoms with Crippen LogP contribution in [0.3, 0.4) is 0 Å². The van der Waals surface area contributed by atoms with E-state index in [9.17, 15) is 18.0 Å².